The molecule has 0 aliphatic heterocycles. The second-order valence-electron chi connectivity index (χ2n) is 4.60. The molecule has 0 spiro atoms. The first-order chi connectivity index (χ1) is 8.49. The van der Waals surface area contributed by atoms with E-state index in [-0.39, 0.29) is 11.7 Å². The highest BCUT2D eigenvalue weighted by Gasteiger charge is 2.14. The Morgan fingerprint density at radius 3 is 2.50 bits per heavy atom. The molecule has 1 aromatic carbocycles. The molecule has 0 aromatic heterocycles. The molecule has 0 amide bonds. The van der Waals surface area contributed by atoms with Gasteiger partial charge >= 0.3 is 0 Å². The summed E-state index contributed by atoms with van der Waals surface area (Å²) in [7, 11) is 2.05. The van der Waals surface area contributed by atoms with E-state index in [1.165, 1.54) is 12.1 Å². The summed E-state index contributed by atoms with van der Waals surface area (Å²) in [6.45, 7) is 4.99. The second-order valence-corrected chi connectivity index (χ2v) is 4.60. The van der Waals surface area contributed by atoms with E-state index in [2.05, 4.69) is 18.7 Å². The average Bonchev–Trinajstić information content (AvgIpc) is 2.32. The summed E-state index contributed by atoms with van der Waals surface area (Å²) in [5.74, 6) is -0.434. The van der Waals surface area contributed by atoms with Gasteiger partial charge < -0.3 is 5.73 Å². The van der Waals surface area contributed by atoms with Crippen molar-refractivity contribution in [2.75, 3.05) is 7.05 Å². The van der Waals surface area contributed by atoms with Gasteiger partial charge in [-0.25, -0.2) is 4.39 Å². The number of nitrogen functional groups attached to an aromatic ring is 1. The van der Waals surface area contributed by atoms with Gasteiger partial charge in [0.15, 0.2) is 0 Å². The number of nitrogens with two attached hydrogens (primary N) is 1. The average molecular weight is 251 g/mol. The van der Waals surface area contributed by atoms with E-state index in [1.54, 1.807) is 6.07 Å². The highest BCUT2D eigenvalue weighted by molar-refractivity contribution is 5.96. The number of halogens is 1. The minimum absolute atomic E-state index is 0.0811. The van der Waals surface area contributed by atoms with Gasteiger partial charge in [-0.15, -0.1) is 0 Å². The Balaban J connectivity index is 2.93. The Labute approximate surface area is 108 Å². The molecule has 0 unspecified atom stereocenters. The summed E-state index contributed by atoms with van der Waals surface area (Å²) in [6.07, 6.45) is 2.15. The topological polar surface area (TPSA) is 53.1 Å². The van der Waals surface area contributed by atoms with Crippen LogP contribution in [0.3, 0.4) is 0 Å². The summed E-state index contributed by atoms with van der Waals surface area (Å²) in [5.41, 5.74) is 6.89. The van der Waals surface area contributed by atoms with Gasteiger partial charge in [0.1, 0.15) is 11.7 Å². The number of hydrogen-bond donors (Lipinski definition) is 2. The first-order valence-electron chi connectivity index (χ1n) is 6.32. The van der Waals surface area contributed by atoms with E-state index in [4.69, 9.17) is 11.1 Å². The van der Waals surface area contributed by atoms with Crippen molar-refractivity contribution in [2.24, 2.45) is 5.73 Å². The van der Waals surface area contributed by atoms with Crippen LogP contribution < -0.4 is 5.73 Å². The normalized spacial score (nSPS) is 11.2. The number of amidine groups is 1. The van der Waals surface area contributed by atoms with Crippen molar-refractivity contribution in [3.63, 3.8) is 0 Å². The lowest BCUT2D eigenvalue weighted by Gasteiger charge is -2.26. The number of benzene rings is 1. The van der Waals surface area contributed by atoms with Gasteiger partial charge in [-0.05, 0) is 37.6 Å². The molecule has 3 nitrogen and oxygen atoms in total. The highest BCUT2D eigenvalue weighted by atomic mass is 19.1. The van der Waals surface area contributed by atoms with Crippen molar-refractivity contribution >= 4 is 5.84 Å². The van der Waals surface area contributed by atoms with Gasteiger partial charge in [-0.1, -0.05) is 19.9 Å². The van der Waals surface area contributed by atoms with E-state index >= 15 is 0 Å². The van der Waals surface area contributed by atoms with E-state index in [0.717, 1.165) is 18.4 Å². The lowest BCUT2D eigenvalue weighted by molar-refractivity contribution is 0.221. The van der Waals surface area contributed by atoms with Crippen LogP contribution >= 0.6 is 0 Å². The molecule has 0 saturated heterocycles. The van der Waals surface area contributed by atoms with Gasteiger partial charge in [0.05, 0.1) is 0 Å². The predicted octanol–water partition coefficient (Wildman–Crippen LogP) is 2.73. The van der Waals surface area contributed by atoms with Crippen LogP contribution in [0.5, 0.6) is 0 Å². The maximum absolute atomic E-state index is 13.2. The molecule has 100 valence electrons. The van der Waals surface area contributed by atoms with Crippen molar-refractivity contribution in [2.45, 2.75) is 39.3 Å². The fourth-order valence-corrected chi connectivity index (χ4v) is 2.25. The Hall–Kier alpha value is -1.42. The molecule has 1 rings (SSSR count). The number of hydrogen-bond acceptors (Lipinski definition) is 2. The number of nitrogens with zero attached hydrogens (tertiary/aromatic N) is 1. The summed E-state index contributed by atoms with van der Waals surface area (Å²) < 4.78 is 13.2. The monoisotopic (exact) mass is 251 g/mol. The zero-order chi connectivity index (χ0) is 13.7. The van der Waals surface area contributed by atoms with Gasteiger partial charge in [0.25, 0.3) is 0 Å². The molecule has 0 aliphatic carbocycles. The van der Waals surface area contributed by atoms with E-state index in [0.29, 0.717) is 18.2 Å². The van der Waals surface area contributed by atoms with Crippen molar-refractivity contribution in [1.82, 2.24) is 4.90 Å². The maximum atomic E-state index is 13.2. The minimum Gasteiger partial charge on any atom is -0.384 e. The van der Waals surface area contributed by atoms with Crippen LogP contribution in [-0.2, 0) is 6.54 Å². The molecule has 18 heavy (non-hydrogen) atoms. The molecule has 3 N–H and O–H groups in total. The van der Waals surface area contributed by atoms with Crippen molar-refractivity contribution in [1.29, 1.82) is 5.41 Å². The van der Waals surface area contributed by atoms with Crippen molar-refractivity contribution in [3.05, 3.63) is 35.1 Å². The third-order valence-electron chi connectivity index (χ3n) is 3.35. The maximum Gasteiger partial charge on any atom is 0.123 e. The minimum atomic E-state index is -0.353. The summed E-state index contributed by atoms with van der Waals surface area (Å²) >= 11 is 0. The van der Waals surface area contributed by atoms with E-state index < -0.39 is 0 Å². The predicted molar refractivity (Wildman–Crippen MR) is 73.3 cm³/mol. The summed E-state index contributed by atoms with van der Waals surface area (Å²) in [4.78, 5) is 2.22. The summed E-state index contributed by atoms with van der Waals surface area (Å²) in [5, 5.41) is 7.51. The molecule has 0 fully saturated rings. The van der Waals surface area contributed by atoms with Crippen LogP contribution in [0.15, 0.2) is 18.2 Å². The van der Waals surface area contributed by atoms with Crippen LogP contribution in [0.4, 0.5) is 4.39 Å². The number of rotatable bonds is 6. The van der Waals surface area contributed by atoms with Crippen LogP contribution in [0.25, 0.3) is 0 Å². The fraction of sp³-hybridized carbons (Fsp3) is 0.500. The Morgan fingerprint density at radius 1 is 1.39 bits per heavy atom. The van der Waals surface area contributed by atoms with Crippen molar-refractivity contribution in [3.8, 4) is 0 Å². The first-order valence-corrected chi connectivity index (χ1v) is 6.32. The van der Waals surface area contributed by atoms with Crippen molar-refractivity contribution < 1.29 is 4.39 Å². The SMILES string of the molecule is CCC(CC)N(C)Cc1ccc(F)cc1C(=N)N. The van der Waals surface area contributed by atoms with Crippen LogP contribution in [0.1, 0.15) is 37.8 Å². The Morgan fingerprint density at radius 2 is 2.00 bits per heavy atom. The molecule has 4 heteroatoms. The quantitative estimate of drug-likeness (QED) is 0.603. The molecule has 0 atom stereocenters. The first kappa shape index (κ1) is 14.6. The molecule has 0 saturated carbocycles. The third-order valence-corrected chi connectivity index (χ3v) is 3.35. The fourth-order valence-electron chi connectivity index (χ4n) is 2.25. The molecule has 1 aromatic rings. The molecule has 0 bridgehead atoms. The lowest BCUT2D eigenvalue weighted by Crippen LogP contribution is -2.31. The molecular weight excluding hydrogens is 229 g/mol. The van der Waals surface area contributed by atoms with E-state index in [1.807, 2.05) is 7.05 Å². The van der Waals surface area contributed by atoms with Gasteiger partial charge in [-0.3, -0.25) is 10.3 Å². The molecular formula is C14H22FN3. The van der Waals surface area contributed by atoms with Gasteiger partial charge in [-0.2, -0.15) is 0 Å². The Bertz CT molecular complexity index is 414. The van der Waals surface area contributed by atoms with Crippen LogP contribution in [0.2, 0.25) is 0 Å². The second kappa shape index (κ2) is 6.50. The Kier molecular flexibility index (Phi) is 5.28. The molecule has 0 heterocycles. The van der Waals surface area contributed by atoms with Gasteiger partial charge in [0, 0.05) is 18.2 Å². The molecule has 0 radical (unpaired) electrons. The standard InChI is InChI=1S/C14H22FN3/c1-4-12(5-2)18(3)9-10-6-7-11(15)8-13(10)14(16)17/h6-8,12H,4-5,9H2,1-3H3,(H3,16,17). The van der Waals surface area contributed by atoms with E-state index in [9.17, 15) is 4.39 Å². The highest BCUT2D eigenvalue weighted by Crippen LogP contribution is 2.16. The van der Waals surface area contributed by atoms with Crippen LogP contribution in [-0.4, -0.2) is 23.8 Å². The lowest BCUT2D eigenvalue weighted by atomic mass is 10.0. The van der Waals surface area contributed by atoms with Crippen LogP contribution in [0, 0.1) is 11.2 Å². The largest absolute Gasteiger partial charge is 0.384 e. The smallest absolute Gasteiger partial charge is 0.123 e. The summed E-state index contributed by atoms with van der Waals surface area (Å²) in [6, 6.07) is 4.96. The molecule has 0 aliphatic rings. The van der Waals surface area contributed by atoms with Gasteiger partial charge in [0.2, 0.25) is 0 Å². The zero-order valence-electron chi connectivity index (χ0n) is 11.3. The zero-order valence-corrected chi connectivity index (χ0v) is 11.3. The third kappa shape index (κ3) is 3.53. The number of nitrogens with one attached hydrogen (secondary N) is 1.